The van der Waals surface area contributed by atoms with E-state index in [0.717, 1.165) is 33.7 Å². The van der Waals surface area contributed by atoms with E-state index in [1.807, 2.05) is 50.2 Å². The molecule has 7 heteroatoms. The standard InChI is InChI=1S/C32H25F2NO4/c1-19-7-6-10-22(15-19)29-28(31(37)32(38)35(29)24-12-13-25(33)26(34)17-24)30(36)23-11-14-27(20(2)16-23)39-18-21-8-4-3-5-9-21/h3-17,29,36H,18H2,1-2H3/b30-28+. The van der Waals surface area contributed by atoms with Gasteiger partial charge < -0.3 is 9.84 Å². The van der Waals surface area contributed by atoms with E-state index in [4.69, 9.17) is 4.74 Å². The van der Waals surface area contributed by atoms with Gasteiger partial charge in [-0.15, -0.1) is 0 Å². The van der Waals surface area contributed by atoms with E-state index in [9.17, 15) is 23.5 Å². The molecule has 196 valence electrons. The van der Waals surface area contributed by atoms with Crippen LogP contribution in [-0.4, -0.2) is 16.8 Å². The van der Waals surface area contributed by atoms with Crippen LogP contribution in [0.1, 0.15) is 33.9 Å². The second kappa shape index (κ2) is 10.5. The van der Waals surface area contributed by atoms with Crippen molar-refractivity contribution >= 4 is 23.1 Å². The van der Waals surface area contributed by atoms with Crippen LogP contribution in [0.5, 0.6) is 5.75 Å². The fourth-order valence-electron chi connectivity index (χ4n) is 4.74. The molecule has 1 amide bonds. The summed E-state index contributed by atoms with van der Waals surface area (Å²) in [5.74, 6) is -3.87. The highest BCUT2D eigenvalue weighted by Crippen LogP contribution is 2.43. The number of hydrogen-bond donors (Lipinski definition) is 1. The molecule has 0 radical (unpaired) electrons. The average molecular weight is 526 g/mol. The predicted octanol–water partition coefficient (Wildman–Crippen LogP) is 6.79. The van der Waals surface area contributed by atoms with Gasteiger partial charge in [0.05, 0.1) is 11.6 Å². The number of rotatable bonds is 6. The number of ether oxygens (including phenoxy) is 1. The lowest BCUT2D eigenvalue weighted by Gasteiger charge is -2.26. The number of carbonyl (C=O) groups is 2. The van der Waals surface area contributed by atoms with E-state index < -0.39 is 29.4 Å². The summed E-state index contributed by atoms with van der Waals surface area (Å²) in [7, 11) is 0. The first-order chi connectivity index (χ1) is 18.7. The Morgan fingerprint density at radius 2 is 1.64 bits per heavy atom. The molecule has 1 saturated heterocycles. The Balaban J connectivity index is 1.57. The first-order valence-corrected chi connectivity index (χ1v) is 12.3. The van der Waals surface area contributed by atoms with Crippen LogP contribution in [0.4, 0.5) is 14.5 Å². The molecule has 1 fully saturated rings. The molecule has 5 nitrogen and oxygen atoms in total. The van der Waals surface area contributed by atoms with Crippen LogP contribution >= 0.6 is 0 Å². The number of Topliss-reactive ketones (excluding diaryl/α,β-unsaturated/α-hetero) is 1. The van der Waals surface area contributed by atoms with E-state index in [-0.39, 0.29) is 17.0 Å². The Bertz CT molecular complexity index is 1610. The number of carbonyl (C=O) groups excluding carboxylic acids is 2. The van der Waals surface area contributed by atoms with Crippen molar-refractivity contribution in [1.82, 2.24) is 0 Å². The third-order valence-corrected chi connectivity index (χ3v) is 6.67. The minimum Gasteiger partial charge on any atom is -0.507 e. The van der Waals surface area contributed by atoms with Gasteiger partial charge in [-0.05, 0) is 60.9 Å². The van der Waals surface area contributed by atoms with E-state index in [1.165, 1.54) is 6.07 Å². The van der Waals surface area contributed by atoms with Crippen molar-refractivity contribution in [3.05, 3.63) is 136 Å². The second-order valence-corrected chi connectivity index (χ2v) is 9.44. The van der Waals surface area contributed by atoms with Crippen molar-refractivity contribution < 1.29 is 28.2 Å². The third-order valence-electron chi connectivity index (χ3n) is 6.67. The Morgan fingerprint density at radius 1 is 0.872 bits per heavy atom. The van der Waals surface area contributed by atoms with Crippen LogP contribution in [0.15, 0.2) is 96.6 Å². The molecule has 1 aliphatic rings. The molecule has 4 aromatic rings. The van der Waals surface area contributed by atoms with Gasteiger partial charge in [-0.2, -0.15) is 0 Å². The zero-order valence-corrected chi connectivity index (χ0v) is 21.3. The first kappa shape index (κ1) is 25.9. The number of aliphatic hydroxyl groups excluding tert-OH is 1. The summed E-state index contributed by atoms with van der Waals surface area (Å²) in [6, 6.07) is 23.7. The van der Waals surface area contributed by atoms with Crippen molar-refractivity contribution in [3.8, 4) is 5.75 Å². The molecule has 1 heterocycles. The topological polar surface area (TPSA) is 66.8 Å². The summed E-state index contributed by atoms with van der Waals surface area (Å²) < 4.78 is 33.8. The molecule has 0 spiro atoms. The van der Waals surface area contributed by atoms with Gasteiger partial charge in [0.15, 0.2) is 11.6 Å². The van der Waals surface area contributed by atoms with Gasteiger partial charge in [0.2, 0.25) is 0 Å². The number of aliphatic hydroxyl groups is 1. The van der Waals surface area contributed by atoms with E-state index in [0.29, 0.717) is 23.5 Å². The highest BCUT2D eigenvalue weighted by atomic mass is 19.2. The highest BCUT2D eigenvalue weighted by molar-refractivity contribution is 6.51. The van der Waals surface area contributed by atoms with E-state index in [1.54, 1.807) is 36.4 Å². The molecule has 0 saturated carbocycles. The number of hydrogen-bond acceptors (Lipinski definition) is 4. The number of halogens is 2. The van der Waals surface area contributed by atoms with Gasteiger partial charge in [-0.25, -0.2) is 8.78 Å². The Labute approximate surface area is 224 Å². The van der Waals surface area contributed by atoms with Gasteiger partial charge in [-0.1, -0.05) is 60.2 Å². The van der Waals surface area contributed by atoms with E-state index in [2.05, 4.69) is 0 Å². The summed E-state index contributed by atoms with van der Waals surface area (Å²) in [5.41, 5.74) is 3.30. The molecule has 1 aliphatic heterocycles. The monoisotopic (exact) mass is 525 g/mol. The maximum Gasteiger partial charge on any atom is 0.300 e. The minimum atomic E-state index is -1.15. The third kappa shape index (κ3) is 5.03. The molecule has 1 unspecified atom stereocenters. The summed E-state index contributed by atoms with van der Waals surface area (Å²) in [4.78, 5) is 27.7. The predicted molar refractivity (Wildman–Crippen MR) is 144 cm³/mol. The molecule has 0 aromatic heterocycles. The number of amides is 1. The van der Waals surface area contributed by atoms with Crippen LogP contribution in [0.3, 0.4) is 0 Å². The maximum atomic E-state index is 14.2. The summed E-state index contributed by atoms with van der Waals surface area (Å²) >= 11 is 0. The number of nitrogens with zero attached hydrogens (tertiary/aromatic N) is 1. The van der Waals surface area contributed by atoms with Crippen molar-refractivity contribution in [2.45, 2.75) is 26.5 Å². The van der Waals surface area contributed by atoms with Crippen molar-refractivity contribution in [2.75, 3.05) is 4.90 Å². The van der Waals surface area contributed by atoms with Crippen LogP contribution in [0.2, 0.25) is 0 Å². The van der Waals surface area contributed by atoms with Gasteiger partial charge in [0.1, 0.15) is 18.1 Å². The molecular formula is C32H25F2NO4. The van der Waals surface area contributed by atoms with Crippen molar-refractivity contribution in [2.24, 2.45) is 0 Å². The molecule has 1 N–H and O–H groups in total. The van der Waals surface area contributed by atoms with Crippen LogP contribution in [-0.2, 0) is 16.2 Å². The molecule has 0 aliphatic carbocycles. The highest BCUT2D eigenvalue weighted by Gasteiger charge is 2.47. The van der Waals surface area contributed by atoms with Gasteiger partial charge in [0.25, 0.3) is 11.7 Å². The van der Waals surface area contributed by atoms with Crippen molar-refractivity contribution in [1.29, 1.82) is 0 Å². The lowest BCUT2D eigenvalue weighted by atomic mass is 9.94. The zero-order valence-electron chi connectivity index (χ0n) is 21.3. The minimum absolute atomic E-state index is 0.00222. The lowest BCUT2D eigenvalue weighted by molar-refractivity contribution is -0.132. The van der Waals surface area contributed by atoms with Crippen LogP contribution in [0.25, 0.3) is 5.76 Å². The van der Waals surface area contributed by atoms with Gasteiger partial charge >= 0.3 is 0 Å². The van der Waals surface area contributed by atoms with Crippen LogP contribution < -0.4 is 9.64 Å². The fraction of sp³-hybridized carbons (Fsp3) is 0.125. The molecule has 1 atom stereocenters. The Hall–Kier alpha value is -4.78. The zero-order chi connectivity index (χ0) is 27.7. The van der Waals surface area contributed by atoms with Gasteiger partial charge in [-0.3, -0.25) is 14.5 Å². The van der Waals surface area contributed by atoms with Gasteiger partial charge in [0, 0.05) is 17.3 Å². The average Bonchev–Trinajstić information content (AvgIpc) is 3.20. The van der Waals surface area contributed by atoms with E-state index >= 15 is 0 Å². The molecule has 39 heavy (non-hydrogen) atoms. The van der Waals surface area contributed by atoms with Crippen molar-refractivity contribution in [3.63, 3.8) is 0 Å². The number of aryl methyl sites for hydroxylation is 2. The smallest absolute Gasteiger partial charge is 0.300 e. The fourth-order valence-corrected chi connectivity index (χ4v) is 4.74. The second-order valence-electron chi connectivity index (χ2n) is 9.44. The number of anilines is 1. The quantitative estimate of drug-likeness (QED) is 0.171. The molecule has 0 bridgehead atoms. The Morgan fingerprint density at radius 3 is 2.33 bits per heavy atom. The SMILES string of the molecule is Cc1cccc(C2/C(=C(\O)c3ccc(OCc4ccccc4)c(C)c3)C(=O)C(=O)N2c2ccc(F)c(F)c2)c1. The lowest BCUT2D eigenvalue weighted by Crippen LogP contribution is -2.29. The summed E-state index contributed by atoms with van der Waals surface area (Å²) in [5, 5.41) is 11.4. The number of ketones is 1. The molecule has 4 aromatic carbocycles. The first-order valence-electron chi connectivity index (χ1n) is 12.3. The summed E-state index contributed by atoms with van der Waals surface area (Å²) in [6.45, 7) is 4.03. The largest absolute Gasteiger partial charge is 0.507 e. The molecular weight excluding hydrogens is 500 g/mol. The summed E-state index contributed by atoms with van der Waals surface area (Å²) in [6.07, 6.45) is 0. The normalized spacial score (nSPS) is 16.5. The Kier molecular flexibility index (Phi) is 6.98. The number of benzene rings is 4. The molecule has 5 rings (SSSR count). The van der Waals surface area contributed by atoms with Crippen LogP contribution in [0, 0.1) is 25.5 Å². The maximum absolute atomic E-state index is 14.2.